The number of hydrogen-bond donors (Lipinski definition) is 1. The number of aromatic nitrogens is 3. The standard InChI is InChI=1S/C64H64N3O.Pt/c1-61(2,3)48-28-26-42(27-29-48)44-32-33-65-56(37-44)47-35-45(41-20-15-13-16-21-41)34-46(36-47)52-24-19-25-57-58(52)66-60(53-38-49(62(4,5)6)39-55(59(53)68)64(10,11)12)67(57)50-30-31-51(43-22-17-14-18-23-43)54(40-50)63(7,8)9;/h13-35,37-40,68H,1-12H3;/q-1;/i1D3,2D3,3D3;. The Bertz CT molecular complexity index is 3620. The van der Waals surface area contributed by atoms with Gasteiger partial charge in [-0.2, -0.15) is 0 Å². The summed E-state index contributed by atoms with van der Waals surface area (Å²) < 4.78 is 76.3. The summed E-state index contributed by atoms with van der Waals surface area (Å²) in [7, 11) is 0. The van der Waals surface area contributed by atoms with Crippen molar-refractivity contribution in [2.45, 2.75) is 105 Å². The molecule has 0 aliphatic rings. The van der Waals surface area contributed by atoms with Crippen LogP contribution >= 0.6 is 0 Å². The molecule has 0 bridgehead atoms. The Labute approximate surface area is 437 Å². The number of hydrogen-bond acceptors (Lipinski definition) is 3. The second-order valence-corrected chi connectivity index (χ2v) is 21.0. The van der Waals surface area contributed by atoms with Crippen LogP contribution in [0.5, 0.6) is 5.75 Å². The molecule has 0 spiro atoms. The molecule has 0 atom stereocenters. The summed E-state index contributed by atoms with van der Waals surface area (Å²) in [6.07, 6.45) is 1.66. The van der Waals surface area contributed by atoms with E-state index in [0.717, 1.165) is 61.3 Å². The number of nitrogens with zero attached hydrogens (tertiary/aromatic N) is 3. The van der Waals surface area contributed by atoms with Crippen molar-refractivity contribution in [2.24, 2.45) is 0 Å². The molecule has 0 fully saturated rings. The second-order valence-electron chi connectivity index (χ2n) is 21.0. The molecule has 0 saturated heterocycles. The molecule has 352 valence electrons. The predicted molar refractivity (Wildman–Crippen MR) is 287 cm³/mol. The molecule has 2 heterocycles. The predicted octanol–water partition coefficient (Wildman–Crippen LogP) is 17.1. The number of phenolic OH excluding ortho intramolecular Hbond substituents is 1. The minimum Gasteiger partial charge on any atom is -0.507 e. The molecule has 0 saturated carbocycles. The summed E-state index contributed by atoms with van der Waals surface area (Å²) in [6, 6.07) is 54.6. The molecule has 0 amide bonds. The molecule has 0 aliphatic heterocycles. The number of para-hydroxylation sites is 1. The third kappa shape index (κ3) is 9.93. The molecule has 0 unspecified atom stereocenters. The summed E-state index contributed by atoms with van der Waals surface area (Å²) in [6.45, 7) is 9.42. The van der Waals surface area contributed by atoms with Crippen LogP contribution in [0.25, 0.3) is 83.9 Å². The molecule has 4 nitrogen and oxygen atoms in total. The van der Waals surface area contributed by atoms with Gasteiger partial charge < -0.3 is 5.11 Å². The summed E-state index contributed by atoms with van der Waals surface area (Å²) in [4.78, 5) is 10.4. The summed E-state index contributed by atoms with van der Waals surface area (Å²) >= 11 is 0. The van der Waals surface area contributed by atoms with Crippen LogP contribution in [0.15, 0.2) is 164 Å². The van der Waals surface area contributed by atoms with E-state index in [1.54, 1.807) is 24.4 Å². The van der Waals surface area contributed by atoms with Gasteiger partial charge in [0.1, 0.15) is 11.6 Å². The van der Waals surface area contributed by atoms with Gasteiger partial charge in [0.05, 0.1) is 16.6 Å². The van der Waals surface area contributed by atoms with Gasteiger partial charge in [-0.3, -0.25) is 9.55 Å². The maximum Gasteiger partial charge on any atom is 0.148 e. The van der Waals surface area contributed by atoms with Gasteiger partial charge in [0.2, 0.25) is 0 Å². The van der Waals surface area contributed by atoms with Crippen LogP contribution in [0.1, 0.15) is 117 Å². The summed E-state index contributed by atoms with van der Waals surface area (Å²) in [5.74, 6) is 0.759. The van der Waals surface area contributed by atoms with Crippen molar-refractivity contribution in [3.05, 3.63) is 192 Å². The average Bonchev–Trinajstić information content (AvgIpc) is 3.43. The van der Waals surface area contributed by atoms with Crippen LogP contribution in [-0.2, 0) is 42.7 Å². The molecule has 9 aromatic rings. The first-order chi connectivity index (χ1) is 35.9. The largest absolute Gasteiger partial charge is 0.507 e. The van der Waals surface area contributed by atoms with Crippen molar-refractivity contribution in [1.82, 2.24) is 14.5 Å². The van der Waals surface area contributed by atoms with Crippen LogP contribution in [-0.4, -0.2) is 19.6 Å². The van der Waals surface area contributed by atoms with Crippen molar-refractivity contribution in [3.8, 4) is 78.6 Å². The van der Waals surface area contributed by atoms with Gasteiger partial charge in [0.25, 0.3) is 0 Å². The van der Waals surface area contributed by atoms with Gasteiger partial charge in [-0.15, -0.1) is 23.8 Å². The fourth-order valence-electron chi connectivity index (χ4n) is 9.05. The Morgan fingerprint density at radius 1 is 0.493 bits per heavy atom. The number of fused-ring (bicyclic) bond motifs is 1. The number of benzene rings is 7. The molecular formula is C64H64N3OPt-. The zero-order chi connectivity index (χ0) is 55.8. The average molecular weight is 1100 g/mol. The van der Waals surface area contributed by atoms with Gasteiger partial charge in [0.15, 0.2) is 0 Å². The van der Waals surface area contributed by atoms with E-state index in [-0.39, 0.29) is 43.2 Å². The molecule has 7 aromatic carbocycles. The van der Waals surface area contributed by atoms with Crippen LogP contribution in [0, 0.1) is 6.07 Å². The number of pyridine rings is 1. The third-order valence-corrected chi connectivity index (χ3v) is 12.8. The maximum absolute atomic E-state index is 12.6. The minimum atomic E-state index is -3.38. The van der Waals surface area contributed by atoms with Crippen molar-refractivity contribution in [3.63, 3.8) is 0 Å². The van der Waals surface area contributed by atoms with E-state index in [2.05, 4.69) is 140 Å². The number of aromatic hydroxyl groups is 1. The van der Waals surface area contributed by atoms with Crippen molar-refractivity contribution in [2.75, 3.05) is 0 Å². The first-order valence-electron chi connectivity index (χ1n) is 27.7. The van der Waals surface area contributed by atoms with Crippen molar-refractivity contribution < 1.29 is 38.5 Å². The smallest absolute Gasteiger partial charge is 0.148 e. The van der Waals surface area contributed by atoms with Gasteiger partial charge in [-0.05, 0) is 96.5 Å². The molecule has 0 aliphatic carbocycles. The van der Waals surface area contributed by atoms with Gasteiger partial charge in [-0.1, -0.05) is 215 Å². The topological polar surface area (TPSA) is 50.9 Å². The molecule has 2 aromatic heterocycles. The number of phenols is 1. The van der Waals surface area contributed by atoms with Crippen molar-refractivity contribution in [1.29, 1.82) is 0 Å². The van der Waals surface area contributed by atoms with Crippen LogP contribution < -0.4 is 0 Å². The van der Waals surface area contributed by atoms with Gasteiger partial charge in [0, 0.05) is 56.5 Å². The molecule has 1 N–H and O–H groups in total. The van der Waals surface area contributed by atoms with E-state index in [1.165, 1.54) is 12.1 Å². The molecule has 69 heavy (non-hydrogen) atoms. The van der Waals surface area contributed by atoms with Gasteiger partial charge >= 0.3 is 0 Å². The monoisotopic (exact) mass is 1090 g/mol. The van der Waals surface area contributed by atoms with Crippen LogP contribution in [0.2, 0.25) is 0 Å². The van der Waals surface area contributed by atoms with Crippen molar-refractivity contribution >= 4 is 11.0 Å². The van der Waals surface area contributed by atoms with E-state index in [9.17, 15) is 5.11 Å². The maximum atomic E-state index is 12.6. The normalized spacial score (nSPS) is 14.8. The zero-order valence-electron chi connectivity index (χ0n) is 49.7. The van der Waals surface area contributed by atoms with E-state index in [1.807, 2.05) is 60.7 Å². The zero-order valence-corrected chi connectivity index (χ0v) is 43.0. The Balaban J connectivity index is 0.00000803. The quantitative estimate of drug-likeness (QED) is 0.162. The van der Waals surface area contributed by atoms with E-state index in [0.29, 0.717) is 39.3 Å². The third-order valence-electron chi connectivity index (χ3n) is 12.8. The Morgan fingerprint density at radius 2 is 1.13 bits per heavy atom. The summed E-state index contributed by atoms with van der Waals surface area (Å²) in [5.41, 5.74) is 9.87. The molecule has 5 heteroatoms. The Hall–Kier alpha value is -6.35. The minimum absolute atomic E-state index is 0. The second kappa shape index (κ2) is 18.5. The number of rotatable bonds is 7. The van der Waals surface area contributed by atoms with E-state index in [4.69, 9.17) is 22.3 Å². The van der Waals surface area contributed by atoms with Crippen LogP contribution in [0.3, 0.4) is 0 Å². The Morgan fingerprint density at radius 3 is 1.77 bits per heavy atom. The Kier molecular flexibility index (Phi) is 10.3. The molecule has 9 rings (SSSR count). The first kappa shape index (κ1) is 38.5. The van der Waals surface area contributed by atoms with Gasteiger partial charge in [-0.25, -0.2) is 4.98 Å². The summed E-state index contributed by atoms with van der Waals surface area (Å²) in [5, 5.41) is 12.6. The fourth-order valence-corrected chi connectivity index (χ4v) is 9.05. The molecule has 0 radical (unpaired) electrons. The number of imidazole rings is 1. The van der Waals surface area contributed by atoms with E-state index < -0.39 is 31.4 Å². The fraction of sp³-hybridized carbons (Fsp3) is 0.250. The van der Waals surface area contributed by atoms with E-state index >= 15 is 0 Å². The first-order valence-corrected chi connectivity index (χ1v) is 23.2. The van der Waals surface area contributed by atoms with Crippen LogP contribution in [0.4, 0.5) is 0 Å². The molecular weight excluding hydrogens is 1020 g/mol. The SMILES string of the molecule is [2H]C([2H])([2H])C(c1ccc(-c2ccnc(-c3[c-]c(-c4cccc5c4nc(-c4cc(C(C)(C)C)cc(C(C)(C)C)c4O)n5-c4ccc(-c5ccccc5)c(C(C)(C)C)c4)cc(-c4ccccc4)c3)c2)cc1)(C([2H])([2H])[2H])C([2H])([2H])[2H].[Pt].